The van der Waals surface area contributed by atoms with Crippen molar-refractivity contribution in [3.05, 3.63) is 202 Å². The Morgan fingerprint density at radius 3 is 2.31 bits per heavy atom. The normalized spacial score (nSPS) is 18.4. The van der Waals surface area contributed by atoms with Crippen LogP contribution in [-0.2, 0) is 12.8 Å². The Balaban J connectivity index is 0.915. The van der Waals surface area contributed by atoms with E-state index in [1.54, 1.807) is 0 Å². The Morgan fingerprint density at radius 2 is 1.40 bits per heavy atom. The predicted molar refractivity (Wildman–Crippen MR) is 239 cm³/mol. The van der Waals surface area contributed by atoms with Crippen LogP contribution in [0.4, 0.5) is 22.7 Å². The summed E-state index contributed by atoms with van der Waals surface area (Å²) in [7, 11) is 0. The second-order valence-corrected chi connectivity index (χ2v) is 16.1. The van der Waals surface area contributed by atoms with Gasteiger partial charge in [-0.2, -0.15) is 0 Å². The number of rotatable bonds is 6. The second kappa shape index (κ2) is 13.4. The van der Waals surface area contributed by atoms with Crippen LogP contribution in [0, 0.1) is 0 Å². The molecular weight excluding hydrogens is 709 g/mol. The molecule has 2 unspecified atom stereocenters. The van der Waals surface area contributed by atoms with E-state index in [2.05, 4.69) is 180 Å². The number of para-hydroxylation sites is 1. The van der Waals surface area contributed by atoms with Crippen molar-refractivity contribution >= 4 is 62.7 Å². The summed E-state index contributed by atoms with van der Waals surface area (Å²) in [6.07, 6.45) is 24.4. The van der Waals surface area contributed by atoms with Gasteiger partial charge in [-0.1, -0.05) is 97.1 Å². The lowest BCUT2D eigenvalue weighted by Gasteiger charge is -2.31. The molecule has 2 atom stereocenters. The molecule has 2 heterocycles. The van der Waals surface area contributed by atoms with Crippen LogP contribution in [0.25, 0.3) is 40.0 Å². The first-order valence-electron chi connectivity index (χ1n) is 20.8. The summed E-state index contributed by atoms with van der Waals surface area (Å²) >= 11 is 0. The van der Waals surface area contributed by atoms with Crippen molar-refractivity contribution in [2.45, 2.75) is 50.5 Å². The van der Waals surface area contributed by atoms with Gasteiger partial charge < -0.3 is 19.0 Å². The summed E-state index contributed by atoms with van der Waals surface area (Å²) < 4.78 is 13.6. The summed E-state index contributed by atoms with van der Waals surface area (Å²) in [5.41, 5.74) is 15.8. The average Bonchev–Trinajstić information content (AvgIpc) is 3.85. The topological polar surface area (TPSA) is 28.9 Å². The van der Waals surface area contributed by atoms with E-state index in [0.717, 1.165) is 72.7 Å². The number of furan rings is 1. The van der Waals surface area contributed by atoms with Gasteiger partial charge in [0.1, 0.15) is 23.2 Å². The lowest BCUT2D eigenvalue weighted by molar-refractivity contribution is 0.267. The lowest BCUT2D eigenvalue weighted by atomic mass is 9.80. The van der Waals surface area contributed by atoms with E-state index in [1.807, 2.05) is 0 Å². The Bertz CT molecular complexity index is 2960. The molecule has 5 aliphatic rings. The lowest BCUT2D eigenvalue weighted by Crippen LogP contribution is -2.23. The van der Waals surface area contributed by atoms with E-state index in [4.69, 9.17) is 9.15 Å². The maximum Gasteiger partial charge on any atom is 0.135 e. The van der Waals surface area contributed by atoms with E-state index < -0.39 is 0 Å². The quantitative estimate of drug-likeness (QED) is 0.169. The number of nitrogens with zero attached hydrogens (tertiary/aromatic N) is 2. The highest BCUT2D eigenvalue weighted by atomic mass is 16.5. The van der Waals surface area contributed by atoms with Gasteiger partial charge in [-0.15, -0.1) is 0 Å². The van der Waals surface area contributed by atoms with Crippen molar-refractivity contribution in [2.24, 2.45) is 0 Å². The molecular formula is C54H42N2O2. The zero-order valence-corrected chi connectivity index (χ0v) is 32.3. The molecule has 1 aliphatic heterocycles. The molecule has 0 bridgehead atoms. The SMILES string of the molecule is C1=CC(N(C2=Cc3oc4ccc5c(c4c3CC2)C=CC2Oc3cc(N(c4ccccc4)c4ccc6c(c4)C=CCC6)ccc3C52)c2ccc3ccccc3c2)=CCC1. The molecule has 0 amide bonds. The molecule has 6 aromatic carbocycles. The number of benzene rings is 6. The fourth-order valence-corrected chi connectivity index (χ4v) is 10.0. The molecule has 0 N–H and O–H groups in total. The second-order valence-electron chi connectivity index (χ2n) is 16.1. The first-order chi connectivity index (χ1) is 28.7. The first kappa shape index (κ1) is 33.4. The summed E-state index contributed by atoms with van der Waals surface area (Å²) in [5.74, 6) is 2.03. The van der Waals surface area contributed by atoms with E-state index in [0.29, 0.717) is 0 Å². The monoisotopic (exact) mass is 750 g/mol. The number of ether oxygens (including phenoxy) is 1. The largest absolute Gasteiger partial charge is 0.485 e. The van der Waals surface area contributed by atoms with Crippen molar-refractivity contribution in [3.8, 4) is 5.75 Å². The molecule has 12 rings (SSSR count). The molecule has 58 heavy (non-hydrogen) atoms. The maximum absolute atomic E-state index is 6.82. The Labute approximate surface area is 339 Å². The third kappa shape index (κ3) is 5.43. The van der Waals surface area contributed by atoms with Gasteiger partial charge in [-0.25, -0.2) is 0 Å². The molecule has 4 heteroatoms. The molecule has 0 saturated heterocycles. The highest BCUT2D eigenvalue weighted by Crippen LogP contribution is 2.51. The van der Waals surface area contributed by atoms with Crippen LogP contribution in [0.5, 0.6) is 5.75 Å². The highest BCUT2D eigenvalue weighted by molar-refractivity contribution is 5.96. The van der Waals surface area contributed by atoms with Crippen molar-refractivity contribution in [2.75, 3.05) is 9.80 Å². The number of fused-ring (bicyclic) bond motifs is 11. The standard InChI is InChI=1S/C54H42N2O2/c1-3-15-39(16-4-1)55(41-21-19-35-11-7-9-13-37(35)31-41)43-23-25-47-51(33-43)57-49-29-27-46-45(53(47)49)28-30-50-54(46)48-26-24-44(34-52(48)58-50)56(40-17-5-2-6-18-40)42-22-20-36-12-8-10-14-38(36)32-42/h1,3-5,8-10,12-23,25,27-34,49,53H,2,6-7,11,24,26H2. The van der Waals surface area contributed by atoms with Crippen LogP contribution in [0.1, 0.15) is 70.7 Å². The van der Waals surface area contributed by atoms with Crippen molar-refractivity contribution < 1.29 is 9.15 Å². The Morgan fingerprint density at radius 1 is 0.586 bits per heavy atom. The van der Waals surface area contributed by atoms with Gasteiger partial charge in [0.05, 0.1) is 5.92 Å². The minimum atomic E-state index is -0.0594. The molecule has 0 saturated carbocycles. The van der Waals surface area contributed by atoms with Gasteiger partial charge in [0.25, 0.3) is 0 Å². The van der Waals surface area contributed by atoms with E-state index in [9.17, 15) is 0 Å². The fraction of sp³-hybridized carbons (Fsp3) is 0.148. The van der Waals surface area contributed by atoms with Gasteiger partial charge in [-0.3, -0.25) is 0 Å². The van der Waals surface area contributed by atoms with E-state index in [-0.39, 0.29) is 12.0 Å². The molecule has 0 fully saturated rings. The third-order valence-corrected chi connectivity index (χ3v) is 12.8. The number of allylic oxidation sites excluding steroid dienone is 5. The zero-order valence-electron chi connectivity index (χ0n) is 32.3. The molecule has 0 spiro atoms. The van der Waals surface area contributed by atoms with Crippen molar-refractivity contribution in [3.63, 3.8) is 0 Å². The number of anilines is 4. The maximum atomic E-state index is 6.82. The average molecular weight is 751 g/mol. The number of hydrogen-bond acceptors (Lipinski definition) is 4. The van der Waals surface area contributed by atoms with Gasteiger partial charge in [0.15, 0.2) is 0 Å². The van der Waals surface area contributed by atoms with E-state index in [1.165, 1.54) is 66.6 Å². The van der Waals surface area contributed by atoms with Crippen LogP contribution >= 0.6 is 0 Å². The zero-order chi connectivity index (χ0) is 38.2. The summed E-state index contributed by atoms with van der Waals surface area (Å²) in [5, 5.41) is 3.75. The molecule has 280 valence electrons. The summed E-state index contributed by atoms with van der Waals surface area (Å²) in [4.78, 5) is 4.80. The summed E-state index contributed by atoms with van der Waals surface area (Å²) in [6.45, 7) is 0. The number of aryl methyl sites for hydroxylation is 2. The summed E-state index contributed by atoms with van der Waals surface area (Å²) in [6, 6.07) is 44.3. The van der Waals surface area contributed by atoms with Crippen LogP contribution in [0.2, 0.25) is 0 Å². The smallest absolute Gasteiger partial charge is 0.135 e. The van der Waals surface area contributed by atoms with Gasteiger partial charge >= 0.3 is 0 Å². The van der Waals surface area contributed by atoms with Crippen LogP contribution in [0.3, 0.4) is 0 Å². The van der Waals surface area contributed by atoms with Crippen molar-refractivity contribution in [1.82, 2.24) is 0 Å². The predicted octanol–water partition coefficient (Wildman–Crippen LogP) is 14.0. The van der Waals surface area contributed by atoms with Gasteiger partial charge in [0, 0.05) is 62.8 Å². The number of hydrogen-bond donors (Lipinski definition) is 0. The Kier molecular flexibility index (Phi) is 7.72. The third-order valence-electron chi connectivity index (χ3n) is 12.8. The van der Waals surface area contributed by atoms with Gasteiger partial charge in [-0.05, 0) is 132 Å². The van der Waals surface area contributed by atoms with E-state index >= 15 is 0 Å². The molecule has 0 radical (unpaired) electrons. The highest BCUT2D eigenvalue weighted by Gasteiger charge is 2.39. The molecule has 7 aromatic rings. The minimum Gasteiger partial charge on any atom is -0.485 e. The molecule has 1 aromatic heterocycles. The minimum absolute atomic E-state index is 0.0594. The molecule has 4 nitrogen and oxygen atoms in total. The first-order valence-corrected chi connectivity index (χ1v) is 20.8. The fourth-order valence-electron chi connectivity index (χ4n) is 10.0. The molecule has 4 aliphatic carbocycles. The van der Waals surface area contributed by atoms with Gasteiger partial charge in [0.2, 0.25) is 0 Å². The Hall–Kier alpha value is -6.78. The van der Waals surface area contributed by atoms with Crippen molar-refractivity contribution in [1.29, 1.82) is 0 Å². The van der Waals surface area contributed by atoms with Crippen LogP contribution < -0.4 is 14.5 Å². The van der Waals surface area contributed by atoms with Crippen LogP contribution in [0.15, 0.2) is 168 Å². The van der Waals surface area contributed by atoms with Crippen LogP contribution in [-0.4, -0.2) is 6.10 Å².